The Morgan fingerprint density at radius 3 is 2.62 bits per heavy atom. The fourth-order valence-electron chi connectivity index (χ4n) is 5.28. The van der Waals surface area contributed by atoms with Gasteiger partial charge in [-0.25, -0.2) is 0 Å². The van der Waals surface area contributed by atoms with E-state index in [1.165, 1.54) is 29.2 Å². The van der Waals surface area contributed by atoms with Crippen molar-refractivity contribution in [3.8, 4) is 6.07 Å². The lowest BCUT2D eigenvalue weighted by Gasteiger charge is -2.42. The molecule has 0 radical (unpaired) electrons. The van der Waals surface area contributed by atoms with Crippen LogP contribution in [-0.4, -0.2) is 16.0 Å². The number of aromatic nitrogens is 2. The zero-order valence-corrected chi connectivity index (χ0v) is 23.7. The molecule has 2 heterocycles. The van der Waals surface area contributed by atoms with E-state index in [1.807, 2.05) is 45.0 Å². The first kappa shape index (κ1) is 27.9. The molecule has 0 amide bonds. The molecule has 0 fully saturated rings. The van der Waals surface area contributed by atoms with Crippen molar-refractivity contribution in [1.29, 1.82) is 5.26 Å². The zero-order valence-electron chi connectivity index (χ0n) is 22.0. The van der Waals surface area contributed by atoms with Crippen molar-refractivity contribution in [2.45, 2.75) is 55.8 Å². The number of ketones is 1. The van der Waals surface area contributed by atoms with Crippen molar-refractivity contribution in [1.82, 2.24) is 10.2 Å². The molecule has 2 N–H and O–H groups in total. The van der Waals surface area contributed by atoms with Gasteiger partial charge >= 0.3 is 6.18 Å². The molecule has 1 aliphatic carbocycles. The van der Waals surface area contributed by atoms with Crippen LogP contribution in [0.25, 0.3) is 0 Å². The second-order valence-electron chi connectivity index (χ2n) is 10.7. The van der Waals surface area contributed by atoms with E-state index < -0.39 is 17.7 Å². The summed E-state index contributed by atoms with van der Waals surface area (Å²) in [6.07, 6.45) is -3.53. The van der Waals surface area contributed by atoms with Gasteiger partial charge in [0.05, 0.1) is 23.1 Å². The van der Waals surface area contributed by atoms with E-state index in [-0.39, 0.29) is 28.3 Å². The molecule has 40 heavy (non-hydrogen) atoms. The number of hydrogen-bond acceptors (Lipinski definition) is 8. The third kappa shape index (κ3) is 5.25. The number of aryl methyl sites for hydroxylation is 1. The van der Waals surface area contributed by atoms with Gasteiger partial charge in [0.1, 0.15) is 5.82 Å². The Balaban J connectivity index is 1.53. The molecular weight excluding hydrogens is 555 g/mol. The first-order valence-electron chi connectivity index (χ1n) is 12.5. The summed E-state index contributed by atoms with van der Waals surface area (Å²) in [7, 11) is 0. The van der Waals surface area contributed by atoms with E-state index >= 15 is 0 Å². The van der Waals surface area contributed by atoms with Crippen LogP contribution < -0.4 is 10.6 Å². The SMILES string of the molecule is Cc1ccccc1[C@@H]1C(C#N)=C(N)N(c2nnc(SCc3cccc(C(F)(F)F)c3)s2)C2=C1C(=O)CC(C)(C)C2. The van der Waals surface area contributed by atoms with Crippen LogP contribution in [0.15, 0.2) is 75.5 Å². The van der Waals surface area contributed by atoms with E-state index in [9.17, 15) is 23.2 Å². The summed E-state index contributed by atoms with van der Waals surface area (Å²) in [5.41, 5.74) is 9.49. The number of rotatable bonds is 5. The second kappa shape index (κ2) is 10.4. The number of nitrogens with zero attached hydrogens (tertiary/aromatic N) is 4. The van der Waals surface area contributed by atoms with Gasteiger partial charge in [-0.15, -0.1) is 10.2 Å². The number of Topliss-reactive ketones (excluding diaryl/α,β-unsaturated/α-hetero) is 1. The largest absolute Gasteiger partial charge is 0.416 e. The van der Waals surface area contributed by atoms with E-state index in [2.05, 4.69) is 16.3 Å². The third-order valence-electron chi connectivity index (χ3n) is 7.08. The average Bonchev–Trinajstić information content (AvgIpc) is 3.34. The predicted octanol–water partition coefficient (Wildman–Crippen LogP) is 7.10. The van der Waals surface area contributed by atoms with Crippen LogP contribution >= 0.6 is 23.1 Å². The number of hydrogen-bond donors (Lipinski definition) is 1. The normalized spacial score (nSPS) is 19.1. The van der Waals surface area contributed by atoms with E-state index in [1.54, 1.807) is 11.0 Å². The molecule has 1 aliphatic heterocycles. The van der Waals surface area contributed by atoms with Crippen LogP contribution in [0.1, 0.15) is 54.9 Å². The fraction of sp³-hybridized carbons (Fsp3) is 0.310. The number of anilines is 1. The van der Waals surface area contributed by atoms with Crippen LogP contribution in [0, 0.1) is 23.7 Å². The van der Waals surface area contributed by atoms with Crippen LogP contribution in [0.2, 0.25) is 0 Å². The summed E-state index contributed by atoms with van der Waals surface area (Å²) >= 11 is 2.48. The third-order valence-corrected chi connectivity index (χ3v) is 9.20. The molecule has 3 aromatic rings. The standard InChI is InChI=1S/C29H26F3N5OS2/c1-16-7-4-5-10-19(16)23-20(14-33)25(34)37(21-12-28(2,3)13-22(38)24(21)23)26-35-36-27(40-26)39-15-17-8-6-9-18(11-17)29(30,31)32/h4-11,23H,12-13,15,34H2,1-3H3/t23-/m1/s1. The molecule has 11 heteroatoms. The molecule has 0 unspecified atom stereocenters. The van der Waals surface area contributed by atoms with Crippen molar-refractivity contribution in [2.24, 2.45) is 11.1 Å². The first-order chi connectivity index (χ1) is 18.9. The number of thioether (sulfide) groups is 1. The van der Waals surface area contributed by atoms with Gasteiger partial charge in [0, 0.05) is 23.4 Å². The molecule has 1 atom stereocenters. The monoisotopic (exact) mass is 581 g/mol. The van der Waals surface area contributed by atoms with Crippen LogP contribution in [-0.2, 0) is 16.7 Å². The lowest BCUT2D eigenvalue weighted by molar-refractivity contribution is -0.137. The topological polar surface area (TPSA) is 95.9 Å². The number of carbonyl (C=O) groups excluding carboxylic acids is 1. The highest BCUT2D eigenvalue weighted by Gasteiger charge is 2.45. The number of allylic oxidation sites excluding steroid dienone is 3. The lowest BCUT2D eigenvalue weighted by Crippen LogP contribution is -2.42. The quantitative estimate of drug-likeness (QED) is 0.321. The minimum absolute atomic E-state index is 0.0339. The summed E-state index contributed by atoms with van der Waals surface area (Å²) in [5.74, 6) is -0.148. The maximum absolute atomic E-state index is 13.7. The summed E-state index contributed by atoms with van der Waals surface area (Å²) in [4.78, 5) is 15.3. The molecule has 5 rings (SSSR count). The Labute approximate surface area is 238 Å². The number of alkyl halides is 3. The van der Waals surface area contributed by atoms with Crippen LogP contribution in [0.3, 0.4) is 0 Å². The van der Waals surface area contributed by atoms with Crippen molar-refractivity contribution in [3.05, 3.63) is 93.4 Å². The van der Waals surface area contributed by atoms with Gasteiger partial charge < -0.3 is 5.73 Å². The molecule has 206 valence electrons. The van der Waals surface area contributed by atoms with Crippen molar-refractivity contribution in [3.63, 3.8) is 0 Å². The second-order valence-corrected chi connectivity index (χ2v) is 12.9. The predicted molar refractivity (Wildman–Crippen MR) is 149 cm³/mol. The van der Waals surface area contributed by atoms with Gasteiger partial charge in [-0.1, -0.05) is 79.4 Å². The maximum Gasteiger partial charge on any atom is 0.416 e. The van der Waals surface area contributed by atoms with Gasteiger partial charge in [0.25, 0.3) is 0 Å². The van der Waals surface area contributed by atoms with E-state index in [4.69, 9.17) is 5.73 Å². The van der Waals surface area contributed by atoms with Crippen molar-refractivity contribution >= 4 is 34.0 Å². The molecular formula is C29H26F3N5OS2. The van der Waals surface area contributed by atoms with Gasteiger partial charge in [-0.3, -0.25) is 9.69 Å². The Bertz CT molecular complexity index is 1600. The van der Waals surface area contributed by atoms with Crippen molar-refractivity contribution < 1.29 is 18.0 Å². The summed E-state index contributed by atoms with van der Waals surface area (Å²) in [5, 5.41) is 19.2. The number of nitrogens with two attached hydrogens (primary N) is 1. The minimum atomic E-state index is -4.42. The van der Waals surface area contributed by atoms with E-state index in [0.717, 1.165) is 23.3 Å². The Hall–Kier alpha value is -3.62. The number of benzene rings is 2. The molecule has 0 saturated heterocycles. The highest BCUT2D eigenvalue weighted by atomic mass is 32.2. The minimum Gasteiger partial charge on any atom is -0.384 e. The Kier molecular flexibility index (Phi) is 7.27. The summed E-state index contributed by atoms with van der Waals surface area (Å²) in [6, 6.07) is 15.1. The average molecular weight is 582 g/mol. The molecule has 0 bridgehead atoms. The molecule has 0 saturated carbocycles. The highest BCUT2D eigenvalue weighted by Crippen LogP contribution is 2.51. The number of nitriles is 1. The Morgan fingerprint density at radius 1 is 1.18 bits per heavy atom. The van der Waals surface area contributed by atoms with Gasteiger partial charge in [-0.05, 0) is 41.5 Å². The molecule has 0 spiro atoms. The zero-order chi connectivity index (χ0) is 28.8. The smallest absolute Gasteiger partial charge is 0.384 e. The van der Waals surface area contributed by atoms with Gasteiger partial charge in [-0.2, -0.15) is 18.4 Å². The van der Waals surface area contributed by atoms with E-state index in [0.29, 0.717) is 39.1 Å². The fourth-order valence-corrected chi connectivity index (χ4v) is 7.11. The summed E-state index contributed by atoms with van der Waals surface area (Å²) in [6.45, 7) is 5.99. The molecule has 6 nitrogen and oxygen atoms in total. The summed E-state index contributed by atoms with van der Waals surface area (Å²) < 4.78 is 39.9. The van der Waals surface area contributed by atoms with Gasteiger partial charge in [0.15, 0.2) is 10.1 Å². The molecule has 1 aromatic heterocycles. The van der Waals surface area contributed by atoms with Crippen LogP contribution in [0.5, 0.6) is 0 Å². The molecule has 2 aromatic carbocycles. The highest BCUT2D eigenvalue weighted by molar-refractivity contribution is 8.00. The van der Waals surface area contributed by atoms with Gasteiger partial charge in [0.2, 0.25) is 5.13 Å². The maximum atomic E-state index is 13.7. The lowest BCUT2D eigenvalue weighted by atomic mass is 9.68. The molecule has 2 aliphatic rings. The van der Waals surface area contributed by atoms with Crippen molar-refractivity contribution in [2.75, 3.05) is 4.90 Å². The first-order valence-corrected chi connectivity index (χ1v) is 14.3. The Morgan fingerprint density at radius 2 is 1.93 bits per heavy atom. The van der Waals surface area contributed by atoms with Crippen LogP contribution in [0.4, 0.5) is 18.3 Å². The number of halogens is 3. The number of carbonyl (C=O) groups is 1.